The Kier molecular flexibility index (Phi) is 4.96. The molecular formula is C20H27BrN2. The Bertz CT molecular complexity index is 648. The summed E-state index contributed by atoms with van der Waals surface area (Å²) in [6, 6.07) is 8.33. The second-order valence-corrected chi connectivity index (χ2v) is 8.76. The molecule has 3 rings (SSSR count). The van der Waals surface area contributed by atoms with E-state index >= 15 is 0 Å². The molecule has 2 nitrogen and oxygen atoms in total. The van der Waals surface area contributed by atoms with Crippen molar-refractivity contribution in [3.05, 3.63) is 40.8 Å². The van der Waals surface area contributed by atoms with Crippen LogP contribution in [0.1, 0.15) is 64.6 Å². The molecule has 124 valence electrons. The molecule has 1 aromatic carbocycles. The van der Waals surface area contributed by atoms with Crippen molar-refractivity contribution in [1.29, 1.82) is 0 Å². The first-order valence-corrected chi connectivity index (χ1v) is 9.56. The van der Waals surface area contributed by atoms with Gasteiger partial charge in [-0.25, -0.2) is 4.98 Å². The van der Waals surface area contributed by atoms with Gasteiger partial charge in [0.05, 0.1) is 11.9 Å². The molecule has 1 aliphatic carbocycles. The Morgan fingerprint density at radius 2 is 1.83 bits per heavy atom. The van der Waals surface area contributed by atoms with Gasteiger partial charge in [-0.05, 0) is 30.2 Å². The third-order valence-electron chi connectivity index (χ3n) is 5.11. The van der Waals surface area contributed by atoms with Crippen LogP contribution in [0.25, 0.3) is 11.3 Å². The molecule has 1 atom stereocenters. The lowest BCUT2D eigenvalue weighted by atomic mass is 9.68. The summed E-state index contributed by atoms with van der Waals surface area (Å²) in [5.41, 5.74) is 2.52. The maximum atomic E-state index is 4.80. The van der Waals surface area contributed by atoms with Crippen LogP contribution in [0.5, 0.6) is 0 Å². The fourth-order valence-corrected chi connectivity index (χ4v) is 4.62. The van der Waals surface area contributed by atoms with Crippen molar-refractivity contribution in [2.24, 2.45) is 11.3 Å². The third-order valence-corrected chi connectivity index (χ3v) is 5.80. The summed E-state index contributed by atoms with van der Waals surface area (Å²) in [6.45, 7) is 7.06. The molecule has 0 aliphatic heterocycles. The monoisotopic (exact) mass is 374 g/mol. The van der Waals surface area contributed by atoms with Crippen LogP contribution < -0.4 is 0 Å². The van der Waals surface area contributed by atoms with Crippen molar-refractivity contribution in [2.45, 2.75) is 58.8 Å². The number of imidazole rings is 1. The zero-order valence-corrected chi connectivity index (χ0v) is 16.0. The minimum Gasteiger partial charge on any atom is -0.342 e. The number of rotatable bonds is 3. The quantitative estimate of drug-likeness (QED) is 0.647. The largest absolute Gasteiger partial charge is 0.342 e. The molecule has 0 spiro atoms. The van der Waals surface area contributed by atoms with Gasteiger partial charge in [-0.1, -0.05) is 74.2 Å². The molecule has 3 heteroatoms. The van der Waals surface area contributed by atoms with E-state index in [0.717, 1.165) is 21.9 Å². The number of benzene rings is 1. The van der Waals surface area contributed by atoms with Gasteiger partial charge in [0.1, 0.15) is 5.82 Å². The van der Waals surface area contributed by atoms with Gasteiger partial charge >= 0.3 is 0 Å². The van der Waals surface area contributed by atoms with E-state index in [-0.39, 0.29) is 5.41 Å². The molecule has 0 bridgehead atoms. The van der Waals surface area contributed by atoms with Crippen molar-refractivity contribution >= 4 is 15.9 Å². The van der Waals surface area contributed by atoms with Crippen LogP contribution >= 0.6 is 15.9 Å². The van der Waals surface area contributed by atoms with Crippen LogP contribution in [0.2, 0.25) is 0 Å². The molecule has 0 radical (unpaired) electrons. The van der Waals surface area contributed by atoms with E-state index in [9.17, 15) is 0 Å². The predicted molar refractivity (Wildman–Crippen MR) is 100 cm³/mol. The van der Waals surface area contributed by atoms with E-state index in [1.165, 1.54) is 37.7 Å². The van der Waals surface area contributed by atoms with Gasteiger partial charge in [-0.3, -0.25) is 0 Å². The zero-order chi connectivity index (χ0) is 16.4. The van der Waals surface area contributed by atoms with Gasteiger partial charge in [0.25, 0.3) is 0 Å². The Hall–Kier alpha value is -1.09. The fraction of sp³-hybridized carbons (Fsp3) is 0.550. The van der Waals surface area contributed by atoms with Crippen LogP contribution in [-0.2, 0) is 0 Å². The van der Waals surface area contributed by atoms with Crippen molar-refractivity contribution in [2.75, 3.05) is 0 Å². The fourth-order valence-electron chi connectivity index (χ4n) is 4.12. The first kappa shape index (κ1) is 16.8. The van der Waals surface area contributed by atoms with Crippen LogP contribution in [0.15, 0.2) is 34.9 Å². The van der Waals surface area contributed by atoms with E-state index in [4.69, 9.17) is 4.98 Å². The van der Waals surface area contributed by atoms with Crippen LogP contribution in [0.4, 0.5) is 0 Å². The molecule has 1 fully saturated rings. The minimum atomic E-state index is 0.227. The lowest BCUT2D eigenvalue weighted by molar-refractivity contribution is 0.184. The summed E-state index contributed by atoms with van der Waals surface area (Å²) in [5, 5.41) is 0. The average Bonchev–Trinajstić information content (AvgIpc) is 2.96. The average molecular weight is 375 g/mol. The Balaban J connectivity index is 1.93. The molecule has 1 heterocycles. The first-order chi connectivity index (χ1) is 11.0. The highest BCUT2D eigenvalue weighted by atomic mass is 79.9. The van der Waals surface area contributed by atoms with E-state index in [0.29, 0.717) is 5.92 Å². The number of hydrogen-bond donors (Lipinski definition) is 1. The summed E-state index contributed by atoms with van der Waals surface area (Å²) in [5.74, 6) is 2.41. The number of aromatic nitrogens is 2. The summed E-state index contributed by atoms with van der Waals surface area (Å²) < 4.78 is 1.11. The second-order valence-electron chi connectivity index (χ2n) is 7.90. The lowest BCUT2D eigenvalue weighted by Crippen LogP contribution is -2.28. The smallest absolute Gasteiger partial charge is 0.110 e. The molecule has 2 aromatic rings. The summed E-state index contributed by atoms with van der Waals surface area (Å²) >= 11 is 3.65. The standard InChI is InChI=1S/C20H27BrN2/c1-20(2,3)18(14-9-5-4-6-10-14)19-22-13-17(23-19)15-11-7-8-12-16(15)21/h7-8,11-14,18H,4-6,9-10H2,1-3H3,(H,22,23). The molecular weight excluding hydrogens is 348 g/mol. The number of aromatic amines is 1. The molecule has 1 aromatic heterocycles. The van der Waals surface area contributed by atoms with Gasteiger partial charge in [-0.15, -0.1) is 0 Å². The van der Waals surface area contributed by atoms with Crippen LogP contribution in [0.3, 0.4) is 0 Å². The molecule has 1 aliphatic rings. The SMILES string of the molecule is CC(C)(C)C(c1ncc(-c2ccccc2Br)[nH]1)C1CCCCC1. The highest BCUT2D eigenvalue weighted by Crippen LogP contribution is 2.45. The van der Waals surface area contributed by atoms with Crippen molar-refractivity contribution in [1.82, 2.24) is 9.97 Å². The number of halogens is 1. The number of hydrogen-bond acceptors (Lipinski definition) is 1. The van der Waals surface area contributed by atoms with E-state index in [1.54, 1.807) is 0 Å². The number of nitrogens with zero attached hydrogens (tertiary/aromatic N) is 1. The third kappa shape index (κ3) is 3.71. The van der Waals surface area contributed by atoms with E-state index < -0.39 is 0 Å². The molecule has 1 saturated carbocycles. The topological polar surface area (TPSA) is 28.7 Å². The maximum absolute atomic E-state index is 4.80. The summed E-state index contributed by atoms with van der Waals surface area (Å²) in [4.78, 5) is 8.43. The Morgan fingerprint density at radius 3 is 2.48 bits per heavy atom. The minimum absolute atomic E-state index is 0.227. The van der Waals surface area contributed by atoms with Crippen molar-refractivity contribution in [3.8, 4) is 11.3 Å². The van der Waals surface area contributed by atoms with Gasteiger partial charge in [0, 0.05) is 16.0 Å². The zero-order valence-electron chi connectivity index (χ0n) is 14.4. The molecule has 0 amide bonds. The molecule has 1 N–H and O–H groups in total. The molecule has 23 heavy (non-hydrogen) atoms. The molecule has 0 saturated heterocycles. The molecule has 1 unspecified atom stereocenters. The highest BCUT2D eigenvalue weighted by molar-refractivity contribution is 9.10. The first-order valence-electron chi connectivity index (χ1n) is 8.76. The maximum Gasteiger partial charge on any atom is 0.110 e. The second kappa shape index (κ2) is 6.80. The number of H-pyrrole nitrogens is 1. The summed E-state index contributed by atoms with van der Waals surface area (Å²) in [7, 11) is 0. The van der Waals surface area contributed by atoms with E-state index in [1.807, 2.05) is 12.3 Å². The Labute approximate surface area is 148 Å². The van der Waals surface area contributed by atoms with Gasteiger partial charge in [0.15, 0.2) is 0 Å². The van der Waals surface area contributed by atoms with E-state index in [2.05, 4.69) is 59.9 Å². The van der Waals surface area contributed by atoms with Crippen molar-refractivity contribution < 1.29 is 0 Å². The van der Waals surface area contributed by atoms with Crippen molar-refractivity contribution in [3.63, 3.8) is 0 Å². The van der Waals surface area contributed by atoms with Gasteiger partial charge in [-0.2, -0.15) is 0 Å². The normalized spacial score (nSPS) is 18.1. The lowest BCUT2D eigenvalue weighted by Gasteiger charge is -2.38. The highest BCUT2D eigenvalue weighted by Gasteiger charge is 2.36. The summed E-state index contributed by atoms with van der Waals surface area (Å²) in [6.07, 6.45) is 8.81. The number of nitrogens with one attached hydrogen (secondary N) is 1. The van der Waals surface area contributed by atoms with Crippen LogP contribution in [-0.4, -0.2) is 9.97 Å². The van der Waals surface area contributed by atoms with Gasteiger partial charge in [0.2, 0.25) is 0 Å². The Morgan fingerprint density at radius 1 is 1.13 bits per heavy atom. The van der Waals surface area contributed by atoms with Crippen LogP contribution in [0, 0.1) is 11.3 Å². The van der Waals surface area contributed by atoms with Gasteiger partial charge < -0.3 is 4.98 Å². The predicted octanol–water partition coefficient (Wildman–Crippen LogP) is 6.55.